The summed E-state index contributed by atoms with van der Waals surface area (Å²) < 4.78 is 26.7. The summed E-state index contributed by atoms with van der Waals surface area (Å²) in [7, 11) is 0. The highest BCUT2D eigenvalue weighted by atomic mass is 19.1. The van der Waals surface area contributed by atoms with Crippen molar-refractivity contribution < 1.29 is 18.7 Å². The molecule has 0 unspecified atom stereocenters. The summed E-state index contributed by atoms with van der Waals surface area (Å²) in [5.74, 6) is 1.25. The van der Waals surface area contributed by atoms with Crippen molar-refractivity contribution in [1.29, 1.82) is 0 Å². The van der Waals surface area contributed by atoms with E-state index in [2.05, 4.69) is 20.4 Å². The number of nitrogens with one attached hydrogen (secondary N) is 1. The monoisotopic (exact) mass is 433 g/mol. The topological polar surface area (TPSA) is 90.6 Å². The van der Waals surface area contributed by atoms with Crippen molar-refractivity contribution in [3.8, 4) is 22.8 Å². The van der Waals surface area contributed by atoms with Crippen molar-refractivity contribution in [2.45, 2.75) is 19.4 Å². The van der Waals surface area contributed by atoms with Gasteiger partial charge in [-0.05, 0) is 36.8 Å². The molecule has 0 saturated heterocycles. The highest BCUT2D eigenvalue weighted by Gasteiger charge is 2.18. The van der Waals surface area contributed by atoms with Crippen molar-refractivity contribution in [1.82, 2.24) is 24.9 Å². The Labute approximate surface area is 183 Å². The van der Waals surface area contributed by atoms with Gasteiger partial charge in [0.2, 0.25) is 5.91 Å². The number of carbonyl (C=O) groups is 1. The Hall–Kier alpha value is -4.01. The SMILES string of the molecule is C[C@H](NC(=O)Cc1ccc2c(c1)OCCO2)c1nc2cc(-c3ccccc3F)ncn2n1. The highest BCUT2D eigenvalue weighted by molar-refractivity contribution is 5.79. The molecular formula is C23H20FN5O3. The third-order valence-corrected chi connectivity index (χ3v) is 5.13. The molecule has 2 aromatic heterocycles. The molecule has 1 atom stereocenters. The summed E-state index contributed by atoms with van der Waals surface area (Å²) in [5.41, 5.74) is 2.19. The maximum atomic E-state index is 14.1. The largest absolute Gasteiger partial charge is 0.486 e. The van der Waals surface area contributed by atoms with Crippen LogP contribution in [0.4, 0.5) is 4.39 Å². The minimum absolute atomic E-state index is 0.168. The zero-order chi connectivity index (χ0) is 22.1. The molecule has 1 amide bonds. The minimum atomic E-state index is -0.420. The van der Waals surface area contributed by atoms with Crippen molar-refractivity contribution >= 4 is 11.6 Å². The second-order valence-corrected chi connectivity index (χ2v) is 7.47. The quantitative estimate of drug-likeness (QED) is 0.520. The summed E-state index contributed by atoms with van der Waals surface area (Å²) in [5, 5.41) is 7.30. The van der Waals surface area contributed by atoms with Gasteiger partial charge >= 0.3 is 0 Å². The first-order valence-electron chi connectivity index (χ1n) is 10.2. The van der Waals surface area contributed by atoms with Gasteiger partial charge in [0.05, 0.1) is 18.2 Å². The van der Waals surface area contributed by atoms with E-state index in [4.69, 9.17) is 9.47 Å². The fourth-order valence-corrected chi connectivity index (χ4v) is 3.55. The smallest absolute Gasteiger partial charge is 0.225 e. The number of halogens is 1. The van der Waals surface area contributed by atoms with Crippen molar-refractivity contribution in [3.05, 3.63) is 72.1 Å². The first-order valence-corrected chi connectivity index (χ1v) is 10.2. The molecule has 0 spiro atoms. The summed E-state index contributed by atoms with van der Waals surface area (Å²) in [6.07, 6.45) is 1.67. The van der Waals surface area contributed by atoms with E-state index in [0.29, 0.717) is 47.4 Å². The van der Waals surface area contributed by atoms with Crippen LogP contribution in [0.25, 0.3) is 16.9 Å². The average molecular weight is 433 g/mol. The zero-order valence-corrected chi connectivity index (χ0v) is 17.3. The predicted octanol–water partition coefficient (Wildman–Crippen LogP) is 3.12. The third kappa shape index (κ3) is 3.96. The molecule has 1 N–H and O–H groups in total. The van der Waals surface area contributed by atoms with Crippen LogP contribution in [0.2, 0.25) is 0 Å². The number of rotatable bonds is 5. The van der Waals surface area contributed by atoms with Gasteiger partial charge in [-0.1, -0.05) is 18.2 Å². The number of hydrogen-bond donors (Lipinski definition) is 1. The molecule has 0 fully saturated rings. The Kier molecular flexibility index (Phi) is 5.14. The Morgan fingerprint density at radius 2 is 1.97 bits per heavy atom. The molecule has 1 aliphatic heterocycles. The lowest BCUT2D eigenvalue weighted by atomic mass is 10.1. The van der Waals surface area contributed by atoms with Gasteiger partial charge in [0, 0.05) is 11.6 Å². The number of hydrogen-bond acceptors (Lipinski definition) is 6. The van der Waals surface area contributed by atoms with Crippen LogP contribution in [-0.4, -0.2) is 38.7 Å². The maximum absolute atomic E-state index is 14.1. The first kappa shape index (κ1) is 19.9. The maximum Gasteiger partial charge on any atom is 0.225 e. The van der Waals surface area contributed by atoms with Crippen LogP contribution < -0.4 is 14.8 Å². The van der Waals surface area contributed by atoms with Crippen molar-refractivity contribution in [2.24, 2.45) is 0 Å². The van der Waals surface area contributed by atoms with Crippen molar-refractivity contribution in [2.75, 3.05) is 13.2 Å². The van der Waals surface area contributed by atoms with E-state index in [1.807, 2.05) is 25.1 Å². The average Bonchev–Trinajstić information content (AvgIpc) is 3.23. The number of fused-ring (bicyclic) bond motifs is 2. The molecule has 0 aliphatic carbocycles. The lowest BCUT2D eigenvalue weighted by Gasteiger charge is -2.19. The van der Waals surface area contributed by atoms with Gasteiger partial charge in [-0.2, -0.15) is 0 Å². The molecule has 1 aliphatic rings. The van der Waals surface area contributed by atoms with E-state index in [-0.39, 0.29) is 18.1 Å². The lowest BCUT2D eigenvalue weighted by molar-refractivity contribution is -0.121. The number of amides is 1. The molecule has 2 aromatic carbocycles. The normalized spacial score (nSPS) is 13.7. The number of ether oxygens (including phenoxy) is 2. The van der Waals surface area contributed by atoms with Crippen LogP contribution in [0, 0.1) is 5.82 Å². The fraction of sp³-hybridized carbons (Fsp3) is 0.217. The summed E-state index contributed by atoms with van der Waals surface area (Å²) in [4.78, 5) is 21.3. The second kappa shape index (κ2) is 8.26. The van der Waals surface area contributed by atoms with Gasteiger partial charge in [-0.3, -0.25) is 4.79 Å². The number of aromatic nitrogens is 4. The minimum Gasteiger partial charge on any atom is -0.486 e. The van der Waals surface area contributed by atoms with E-state index in [0.717, 1.165) is 5.56 Å². The van der Waals surface area contributed by atoms with Crippen LogP contribution in [0.5, 0.6) is 11.5 Å². The Bertz CT molecular complexity index is 1310. The molecule has 5 rings (SSSR count). The van der Waals surface area contributed by atoms with E-state index >= 15 is 0 Å². The van der Waals surface area contributed by atoms with Crippen LogP contribution in [0.3, 0.4) is 0 Å². The standard InChI is InChI=1S/C23H20FN5O3/c1-14(26-22(30)11-15-6-7-19-20(10-15)32-9-8-31-19)23-27-21-12-18(25-13-29(21)28-23)16-4-2-3-5-17(16)24/h2-7,10,12-14H,8-9,11H2,1H3,(H,26,30)/t14-/m0/s1. The van der Waals surface area contributed by atoms with Gasteiger partial charge in [0.25, 0.3) is 0 Å². The molecule has 8 nitrogen and oxygen atoms in total. The van der Waals surface area contributed by atoms with E-state index in [9.17, 15) is 9.18 Å². The van der Waals surface area contributed by atoms with Gasteiger partial charge in [0.1, 0.15) is 25.4 Å². The van der Waals surface area contributed by atoms with Gasteiger partial charge < -0.3 is 14.8 Å². The fourth-order valence-electron chi connectivity index (χ4n) is 3.55. The molecule has 3 heterocycles. The molecule has 162 valence electrons. The third-order valence-electron chi connectivity index (χ3n) is 5.13. The van der Waals surface area contributed by atoms with Gasteiger partial charge in [-0.25, -0.2) is 18.9 Å². The molecule has 0 saturated carbocycles. The van der Waals surface area contributed by atoms with Gasteiger partial charge in [-0.15, -0.1) is 5.10 Å². The van der Waals surface area contributed by atoms with Crippen LogP contribution in [0.1, 0.15) is 24.4 Å². The van der Waals surface area contributed by atoms with E-state index < -0.39 is 6.04 Å². The summed E-state index contributed by atoms with van der Waals surface area (Å²) >= 11 is 0. The molecule has 4 aromatic rings. The molecule has 9 heteroatoms. The summed E-state index contributed by atoms with van der Waals surface area (Å²) in [6.45, 7) is 2.82. The molecule has 32 heavy (non-hydrogen) atoms. The Morgan fingerprint density at radius 3 is 2.81 bits per heavy atom. The molecular weight excluding hydrogens is 413 g/mol. The number of carbonyl (C=O) groups excluding carboxylic acids is 1. The predicted molar refractivity (Wildman–Crippen MR) is 114 cm³/mol. The summed E-state index contributed by atoms with van der Waals surface area (Å²) in [6, 6.07) is 13.1. The highest BCUT2D eigenvalue weighted by Crippen LogP contribution is 2.31. The number of benzene rings is 2. The molecule has 0 bridgehead atoms. The Balaban J connectivity index is 1.29. The van der Waals surface area contributed by atoms with Crippen LogP contribution in [-0.2, 0) is 11.2 Å². The second-order valence-electron chi connectivity index (χ2n) is 7.47. The van der Waals surface area contributed by atoms with Gasteiger partial charge in [0.15, 0.2) is 23.0 Å². The number of nitrogens with zero attached hydrogens (tertiary/aromatic N) is 4. The lowest BCUT2D eigenvalue weighted by Crippen LogP contribution is -2.28. The first-order chi connectivity index (χ1) is 15.6. The molecule has 0 radical (unpaired) electrons. The zero-order valence-electron chi connectivity index (χ0n) is 17.3. The van der Waals surface area contributed by atoms with E-state index in [1.54, 1.807) is 24.3 Å². The Morgan fingerprint density at radius 1 is 1.16 bits per heavy atom. The van der Waals surface area contributed by atoms with Crippen LogP contribution in [0.15, 0.2) is 54.9 Å². The van der Waals surface area contributed by atoms with Crippen LogP contribution >= 0.6 is 0 Å². The van der Waals surface area contributed by atoms with E-state index in [1.165, 1.54) is 16.9 Å². The van der Waals surface area contributed by atoms with Crippen molar-refractivity contribution in [3.63, 3.8) is 0 Å².